The second-order valence-electron chi connectivity index (χ2n) is 7.54. The van der Waals surface area contributed by atoms with Gasteiger partial charge in [0.15, 0.2) is 0 Å². The van der Waals surface area contributed by atoms with Gasteiger partial charge in [-0.2, -0.15) is 4.31 Å². The van der Waals surface area contributed by atoms with Gasteiger partial charge < -0.3 is 5.32 Å². The molecule has 2 atom stereocenters. The Morgan fingerprint density at radius 1 is 1.14 bits per heavy atom. The number of fused-ring (bicyclic) bond motifs is 1. The molecule has 2 unspecified atom stereocenters. The molecule has 1 N–H and O–H groups in total. The lowest BCUT2D eigenvalue weighted by Gasteiger charge is -2.34. The highest BCUT2D eigenvalue weighted by atomic mass is 32.2. The van der Waals surface area contributed by atoms with Crippen LogP contribution < -0.4 is 5.32 Å². The van der Waals surface area contributed by atoms with Crippen LogP contribution in [0.3, 0.4) is 0 Å². The topological polar surface area (TPSA) is 49.4 Å². The fourth-order valence-corrected chi connectivity index (χ4v) is 5.02. The molecule has 4 nitrogen and oxygen atoms in total. The lowest BCUT2D eigenvalue weighted by Crippen LogP contribution is -2.46. The number of piperidine rings is 1. The van der Waals surface area contributed by atoms with E-state index in [0.29, 0.717) is 29.9 Å². The Bertz CT molecular complexity index is 632. The molecule has 0 aliphatic carbocycles. The van der Waals surface area contributed by atoms with Gasteiger partial charge in [0.05, 0.1) is 4.90 Å². The minimum absolute atomic E-state index is 0.0379. The second kappa shape index (κ2) is 5.62. The normalized spacial score (nSPS) is 26.9. The zero-order valence-corrected chi connectivity index (χ0v) is 14.5. The number of hydrogen-bond donors (Lipinski definition) is 1. The molecule has 3 rings (SSSR count). The maximum atomic E-state index is 12.8. The van der Waals surface area contributed by atoms with Gasteiger partial charge in [-0.3, -0.25) is 0 Å². The molecule has 2 heterocycles. The SMILES string of the molecule is CC(C)(C)c1ccc(S(=O)(=O)N2CCC3NCCC3C2)cc1. The average Bonchev–Trinajstić information content (AvgIpc) is 2.94. The first-order valence-corrected chi connectivity index (χ1v) is 9.56. The van der Waals surface area contributed by atoms with E-state index in [1.165, 1.54) is 0 Å². The number of nitrogens with zero attached hydrogens (tertiary/aromatic N) is 1. The van der Waals surface area contributed by atoms with Crippen LogP contribution in [-0.2, 0) is 15.4 Å². The zero-order valence-electron chi connectivity index (χ0n) is 13.7. The highest BCUT2D eigenvalue weighted by molar-refractivity contribution is 7.89. The lowest BCUT2D eigenvalue weighted by molar-refractivity contribution is 0.247. The van der Waals surface area contributed by atoms with Crippen molar-refractivity contribution in [1.29, 1.82) is 0 Å². The molecule has 2 aliphatic rings. The summed E-state index contributed by atoms with van der Waals surface area (Å²) in [5.74, 6) is 0.470. The van der Waals surface area contributed by atoms with Crippen molar-refractivity contribution >= 4 is 10.0 Å². The van der Waals surface area contributed by atoms with Gasteiger partial charge >= 0.3 is 0 Å². The summed E-state index contributed by atoms with van der Waals surface area (Å²) in [5.41, 5.74) is 1.20. The largest absolute Gasteiger partial charge is 0.314 e. The molecule has 0 saturated carbocycles. The molecule has 2 saturated heterocycles. The first-order chi connectivity index (χ1) is 10.3. The number of sulfonamides is 1. The molecule has 0 bridgehead atoms. The Balaban J connectivity index is 1.81. The van der Waals surface area contributed by atoms with E-state index in [1.807, 2.05) is 12.1 Å². The summed E-state index contributed by atoms with van der Waals surface area (Å²) in [7, 11) is -3.36. The summed E-state index contributed by atoms with van der Waals surface area (Å²) in [6.45, 7) is 8.69. The van der Waals surface area contributed by atoms with Crippen molar-refractivity contribution in [3.05, 3.63) is 29.8 Å². The summed E-state index contributed by atoms with van der Waals surface area (Å²) in [6, 6.07) is 7.91. The van der Waals surface area contributed by atoms with E-state index in [-0.39, 0.29) is 5.41 Å². The van der Waals surface area contributed by atoms with Crippen molar-refractivity contribution in [1.82, 2.24) is 9.62 Å². The van der Waals surface area contributed by atoms with Crippen LogP contribution in [0.25, 0.3) is 0 Å². The van der Waals surface area contributed by atoms with Crippen molar-refractivity contribution in [3.8, 4) is 0 Å². The van der Waals surface area contributed by atoms with Crippen LogP contribution >= 0.6 is 0 Å². The number of hydrogen-bond acceptors (Lipinski definition) is 3. The predicted molar refractivity (Wildman–Crippen MR) is 88.4 cm³/mol. The summed E-state index contributed by atoms with van der Waals surface area (Å²) in [5, 5.41) is 3.47. The van der Waals surface area contributed by atoms with Crippen molar-refractivity contribution < 1.29 is 8.42 Å². The van der Waals surface area contributed by atoms with Crippen LogP contribution in [0.5, 0.6) is 0 Å². The van der Waals surface area contributed by atoms with E-state index in [1.54, 1.807) is 16.4 Å². The molecule has 0 amide bonds. The molecule has 5 heteroatoms. The first-order valence-electron chi connectivity index (χ1n) is 8.12. The van der Waals surface area contributed by atoms with Gasteiger partial charge in [-0.05, 0) is 48.4 Å². The fourth-order valence-electron chi connectivity index (χ4n) is 3.51. The maximum Gasteiger partial charge on any atom is 0.243 e. The van der Waals surface area contributed by atoms with Crippen molar-refractivity contribution in [2.24, 2.45) is 5.92 Å². The molecule has 0 aromatic heterocycles. The molecular weight excluding hydrogens is 296 g/mol. The van der Waals surface area contributed by atoms with Gasteiger partial charge in [0, 0.05) is 19.1 Å². The Hall–Kier alpha value is -0.910. The Kier molecular flexibility index (Phi) is 4.08. The molecule has 0 radical (unpaired) electrons. The number of rotatable bonds is 2. The van der Waals surface area contributed by atoms with Gasteiger partial charge in [-0.25, -0.2) is 8.42 Å². The van der Waals surface area contributed by atoms with Crippen LogP contribution in [0.2, 0.25) is 0 Å². The van der Waals surface area contributed by atoms with E-state index in [4.69, 9.17) is 0 Å². The summed E-state index contributed by atoms with van der Waals surface area (Å²) < 4.78 is 27.4. The van der Waals surface area contributed by atoms with Gasteiger partial charge in [0.2, 0.25) is 10.0 Å². The van der Waals surface area contributed by atoms with Crippen molar-refractivity contribution in [2.45, 2.75) is 50.0 Å². The zero-order chi connectivity index (χ0) is 16.0. The highest BCUT2D eigenvalue weighted by Crippen LogP contribution is 2.29. The lowest BCUT2D eigenvalue weighted by atomic mass is 9.87. The molecule has 2 fully saturated rings. The molecule has 1 aromatic rings. The van der Waals surface area contributed by atoms with Gasteiger partial charge in [-0.1, -0.05) is 32.9 Å². The van der Waals surface area contributed by atoms with Crippen LogP contribution in [0.1, 0.15) is 39.2 Å². The van der Waals surface area contributed by atoms with E-state index < -0.39 is 10.0 Å². The van der Waals surface area contributed by atoms with E-state index >= 15 is 0 Å². The standard InChI is InChI=1S/C17H26N2O2S/c1-17(2,3)14-4-6-15(7-5-14)22(20,21)19-11-9-16-13(12-19)8-10-18-16/h4-7,13,16,18H,8-12H2,1-3H3. The Morgan fingerprint density at radius 3 is 2.45 bits per heavy atom. The highest BCUT2D eigenvalue weighted by Gasteiger charge is 2.37. The molecule has 2 aliphatic heterocycles. The average molecular weight is 322 g/mol. The monoisotopic (exact) mass is 322 g/mol. The molecule has 1 aromatic carbocycles. The van der Waals surface area contributed by atoms with E-state index in [9.17, 15) is 8.42 Å². The number of benzene rings is 1. The van der Waals surface area contributed by atoms with Crippen molar-refractivity contribution in [3.63, 3.8) is 0 Å². The molecule has 0 spiro atoms. The van der Waals surface area contributed by atoms with Crippen LogP contribution in [0, 0.1) is 5.92 Å². The maximum absolute atomic E-state index is 12.8. The Morgan fingerprint density at radius 2 is 1.82 bits per heavy atom. The van der Waals surface area contributed by atoms with Gasteiger partial charge in [-0.15, -0.1) is 0 Å². The minimum atomic E-state index is -3.36. The smallest absolute Gasteiger partial charge is 0.243 e. The molecular formula is C17H26N2O2S. The fraction of sp³-hybridized carbons (Fsp3) is 0.647. The van der Waals surface area contributed by atoms with E-state index in [0.717, 1.165) is 24.9 Å². The van der Waals surface area contributed by atoms with Crippen LogP contribution in [0.15, 0.2) is 29.2 Å². The van der Waals surface area contributed by atoms with Crippen LogP contribution in [0.4, 0.5) is 0 Å². The Labute approximate surface area is 134 Å². The second-order valence-corrected chi connectivity index (χ2v) is 9.47. The van der Waals surface area contributed by atoms with Crippen molar-refractivity contribution in [2.75, 3.05) is 19.6 Å². The third kappa shape index (κ3) is 2.94. The van der Waals surface area contributed by atoms with Gasteiger partial charge in [0.1, 0.15) is 0 Å². The number of nitrogens with one attached hydrogen (secondary N) is 1. The third-order valence-electron chi connectivity index (χ3n) is 4.98. The van der Waals surface area contributed by atoms with Crippen LogP contribution in [-0.4, -0.2) is 38.4 Å². The molecule has 22 heavy (non-hydrogen) atoms. The first kappa shape index (κ1) is 16.0. The van der Waals surface area contributed by atoms with E-state index in [2.05, 4.69) is 26.1 Å². The predicted octanol–water partition coefficient (Wildman–Crippen LogP) is 2.36. The quantitative estimate of drug-likeness (QED) is 0.909. The summed E-state index contributed by atoms with van der Waals surface area (Å²) in [4.78, 5) is 0.421. The van der Waals surface area contributed by atoms with Gasteiger partial charge in [0.25, 0.3) is 0 Å². The summed E-state index contributed by atoms with van der Waals surface area (Å²) >= 11 is 0. The minimum Gasteiger partial charge on any atom is -0.314 e. The molecule has 122 valence electrons. The third-order valence-corrected chi connectivity index (χ3v) is 6.86. The summed E-state index contributed by atoms with van der Waals surface area (Å²) in [6.07, 6.45) is 2.00.